The molecule has 3 aromatic carbocycles. The maximum Gasteiger partial charge on any atom is 0.511 e. The number of amides is 3. The van der Waals surface area contributed by atoms with E-state index in [1.807, 2.05) is 86.6 Å². The molecule has 4 aromatic rings. The van der Waals surface area contributed by atoms with E-state index in [4.69, 9.17) is 9.26 Å². The number of carboxylic acid groups (broad SMARTS) is 1. The minimum Gasteiger partial charge on any atom is -0.481 e. The van der Waals surface area contributed by atoms with Gasteiger partial charge in [-0.05, 0) is 51.1 Å². The van der Waals surface area contributed by atoms with Crippen LogP contribution in [0.1, 0.15) is 75.6 Å². The summed E-state index contributed by atoms with van der Waals surface area (Å²) >= 11 is 0. The zero-order chi connectivity index (χ0) is 39.9. The number of imidazole rings is 1. The predicted octanol–water partition coefficient (Wildman–Crippen LogP) is 7.05. The Balaban J connectivity index is 1.36. The second-order valence-electron chi connectivity index (χ2n) is 15.0. The van der Waals surface area contributed by atoms with E-state index in [1.165, 1.54) is 6.33 Å². The van der Waals surface area contributed by atoms with Crippen LogP contribution >= 0.6 is 8.03 Å². The number of aromatic amines is 1. The number of fused-ring (bicyclic) bond motifs is 1. The molecule has 1 aliphatic rings. The van der Waals surface area contributed by atoms with Gasteiger partial charge in [0.2, 0.25) is 11.8 Å². The number of aromatic nitrogens is 2. The number of hydrogen-bond acceptors (Lipinski definition) is 8. The molecule has 1 saturated carbocycles. The Hall–Kier alpha value is -5.13. The van der Waals surface area contributed by atoms with Crippen molar-refractivity contribution in [1.29, 1.82) is 0 Å². The molecule has 1 aliphatic carbocycles. The van der Waals surface area contributed by atoms with Gasteiger partial charge in [-0.25, -0.2) is 9.78 Å². The van der Waals surface area contributed by atoms with Crippen LogP contribution in [0.25, 0.3) is 10.8 Å². The highest BCUT2D eigenvalue weighted by Gasteiger charge is 2.37. The molecule has 1 fully saturated rings. The number of nitrogens with one attached hydrogen (secondary N) is 4. The highest BCUT2D eigenvalue weighted by Crippen LogP contribution is 2.34. The van der Waals surface area contributed by atoms with Crippen LogP contribution in [-0.2, 0) is 47.7 Å². The van der Waals surface area contributed by atoms with E-state index in [9.17, 15) is 28.8 Å². The highest BCUT2D eigenvalue weighted by atomic mass is 31.1. The predicted molar refractivity (Wildman–Crippen MR) is 213 cm³/mol. The van der Waals surface area contributed by atoms with E-state index in [0.717, 1.165) is 54.0 Å². The summed E-state index contributed by atoms with van der Waals surface area (Å²) in [6.45, 7) is 3.80. The Kier molecular flexibility index (Phi) is 15.9. The fourth-order valence-corrected chi connectivity index (χ4v) is 8.38. The Labute approximate surface area is 328 Å². The molecule has 5 N–H and O–H groups in total. The molecule has 1 aromatic heterocycles. The quantitative estimate of drug-likeness (QED) is 0.0462. The number of H-pyrrole nitrogens is 1. The smallest absolute Gasteiger partial charge is 0.481 e. The molecule has 0 bridgehead atoms. The Morgan fingerprint density at radius 2 is 1.57 bits per heavy atom. The lowest BCUT2D eigenvalue weighted by atomic mass is 9.86. The van der Waals surface area contributed by atoms with Crippen molar-refractivity contribution in [3.05, 3.63) is 102 Å². The number of carbonyl (C=O) groups is 4. The number of carboxylic acids is 1. The minimum absolute atomic E-state index is 0.00451. The molecule has 3 amide bonds. The number of hydrogen-bond donors (Lipinski definition) is 5. The summed E-state index contributed by atoms with van der Waals surface area (Å²) in [4.78, 5) is 60.7. The summed E-state index contributed by atoms with van der Waals surface area (Å²) in [6, 6.07) is 20.3. The SMILES string of the molecule is CC(C)CC(C[P+](=O)OC(CC1CCCCC1)NC(=O)[C@H](Cc1cnc[nH]1)NC(=O)C(Cc1cccc2ccccc12)NC(=O)OCc1ccccc1)C(=O)O. The molecule has 0 spiro atoms. The second kappa shape index (κ2) is 21.2. The number of benzene rings is 3. The van der Waals surface area contributed by atoms with E-state index in [1.54, 1.807) is 6.20 Å². The molecule has 0 saturated heterocycles. The molecular weight excluding hydrogens is 733 g/mol. The van der Waals surface area contributed by atoms with E-state index in [-0.39, 0.29) is 37.4 Å². The largest absolute Gasteiger partial charge is 0.511 e. The van der Waals surface area contributed by atoms with E-state index in [0.29, 0.717) is 18.5 Å². The first-order valence-electron chi connectivity index (χ1n) is 19.4. The highest BCUT2D eigenvalue weighted by molar-refractivity contribution is 7.39. The normalized spacial score (nSPS) is 15.7. The average Bonchev–Trinajstić information content (AvgIpc) is 3.70. The summed E-state index contributed by atoms with van der Waals surface area (Å²) in [5.74, 6) is -2.83. The summed E-state index contributed by atoms with van der Waals surface area (Å²) in [6.07, 6.45) is 6.92. The first-order valence-corrected chi connectivity index (χ1v) is 20.8. The Bertz CT molecular complexity index is 1900. The van der Waals surface area contributed by atoms with Crippen molar-refractivity contribution in [3.8, 4) is 0 Å². The molecule has 298 valence electrons. The Morgan fingerprint density at radius 3 is 2.29 bits per heavy atom. The zero-order valence-corrected chi connectivity index (χ0v) is 32.9. The molecule has 0 radical (unpaired) electrons. The molecule has 1 heterocycles. The van der Waals surface area contributed by atoms with Crippen LogP contribution in [0.5, 0.6) is 0 Å². The Morgan fingerprint density at radius 1 is 0.875 bits per heavy atom. The van der Waals surface area contributed by atoms with Gasteiger partial charge in [0.25, 0.3) is 0 Å². The lowest BCUT2D eigenvalue weighted by Gasteiger charge is -2.27. The van der Waals surface area contributed by atoms with E-state index < -0.39 is 56.1 Å². The monoisotopic (exact) mass is 786 g/mol. The fourth-order valence-electron chi connectivity index (χ4n) is 7.21. The summed E-state index contributed by atoms with van der Waals surface area (Å²) in [7, 11) is -2.45. The van der Waals surface area contributed by atoms with Gasteiger partial charge >= 0.3 is 20.1 Å². The van der Waals surface area contributed by atoms with Crippen LogP contribution in [-0.4, -0.2) is 63.4 Å². The lowest BCUT2D eigenvalue weighted by Crippen LogP contribution is -2.56. The van der Waals surface area contributed by atoms with Crippen molar-refractivity contribution in [2.45, 2.75) is 96.6 Å². The summed E-state index contributed by atoms with van der Waals surface area (Å²) in [5, 5.41) is 20.1. The third kappa shape index (κ3) is 13.3. The van der Waals surface area contributed by atoms with Crippen LogP contribution in [0.2, 0.25) is 0 Å². The van der Waals surface area contributed by atoms with Gasteiger partial charge in [0.1, 0.15) is 24.6 Å². The van der Waals surface area contributed by atoms with Gasteiger partial charge in [-0.3, -0.25) is 14.4 Å². The lowest BCUT2D eigenvalue weighted by molar-refractivity contribution is -0.141. The van der Waals surface area contributed by atoms with Gasteiger partial charge in [-0.1, -0.05) is 119 Å². The molecule has 14 heteroatoms. The molecule has 0 aliphatic heterocycles. The van der Waals surface area contributed by atoms with E-state index in [2.05, 4.69) is 25.9 Å². The van der Waals surface area contributed by atoms with Crippen LogP contribution in [0.15, 0.2) is 85.3 Å². The van der Waals surface area contributed by atoms with Crippen LogP contribution in [0.3, 0.4) is 0 Å². The molecule has 5 rings (SSSR count). The average molecular weight is 787 g/mol. The van der Waals surface area contributed by atoms with Gasteiger partial charge < -0.3 is 30.8 Å². The van der Waals surface area contributed by atoms with Crippen LogP contribution in [0, 0.1) is 17.8 Å². The van der Waals surface area contributed by atoms with E-state index >= 15 is 0 Å². The first-order chi connectivity index (χ1) is 27.0. The minimum atomic E-state index is -2.45. The van der Waals surface area contributed by atoms with Gasteiger partial charge in [-0.2, -0.15) is 0 Å². The topological polar surface area (TPSA) is 189 Å². The van der Waals surface area contributed by atoms with Crippen molar-refractivity contribution in [2.24, 2.45) is 17.8 Å². The van der Waals surface area contributed by atoms with Crippen molar-refractivity contribution < 1.29 is 38.1 Å². The number of ether oxygens (including phenoxy) is 1. The maximum atomic E-state index is 14.3. The molecule has 56 heavy (non-hydrogen) atoms. The van der Waals surface area contributed by atoms with Gasteiger partial charge in [0.15, 0.2) is 12.4 Å². The third-order valence-corrected chi connectivity index (χ3v) is 11.3. The van der Waals surface area contributed by atoms with Gasteiger partial charge in [0.05, 0.1) is 6.33 Å². The number of aliphatic carboxylic acids is 1. The first kappa shape index (κ1) is 42.0. The molecule has 13 nitrogen and oxygen atoms in total. The van der Waals surface area contributed by atoms with Crippen molar-refractivity contribution in [1.82, 2.24) is 25.9 Å². The van der Waals surface area contributed by atoms with Gasteiger partial charge in [0, 0.05) is 24.7 Å². The van der Waals surface area contributed by atoms with Crippen molar-refractivity contribution in [3.63, 3.8) is 0 Å². The summed E-state index contributed by atoms with van der Waals surface area (Å²) in [5.41, 5.74) is 2.15. The molecular formula is C42H53N5O8P+. The number of carbonyl (C=O) groups excluding carboxylic acids is 3. The van der Waals surface area contributed by atoms with Crippen LogP contribution in [0.4, 0.5) is 4.79 Å². The second-order valence-corrected chi connectivity index (χ2v) is 16.2. The third-order valence-electron chi connectivity index (χ3n) is 10.0. The summed E-state index contributed by atoms with van der Waals surface area (Å²) < 4.78 is 24.8. The zero-order valence-electron chi connectivity index (χ0n) is 32.0. The number of nitrogens with zero attached hydrogens (tertiary/aromatic N) is 1. The molecule has 5 atom stereocenters. The fraction of sp³-hybridized carbons (Fsp3) is 0.452. The number of rotatable bonds is 20. The standard InChI is InChI=1S/C42H52N5O8P/c1-28(2)20-33(41(50)51)26-56(53)55-38(21-29-12-5-3-6-13-29)47-40(49)37(23-34-24-43-27-44-34)45-39(48)36(46-42(52)54-25-30-14-7-4-8-15-30)22-32-18-11-17-31-16-9-10-19-35(31)32/h4,7-11,14-19,24,27-29,33,36-38H,3,5-6,12-13,20-23,25-26H2,1-2H3,(H4-,43,44,45,46,47,48,49,50,51,52)/p+1/t33?,36?,37-,38?/m0/s1. The van der Waals surface area contributed by atoms with Gasteiger partial charge in [-0.15, -0.1) is 4.52 Å². The van der Waals surface area contributed by atoms with Crippen molar-refractivity contribution >= 4 is 42.7 Å². The maximum absolute atomic E-state index is 14.3. The molecule has 4 unspecified atom stereocenters. The van der Waals surface area contributed by atoms with Crippen LogP contribution < -0.4 is 16.0 Å². The number of alkyl carbamates (subject to hydrolysis) is 1. The van der Waals surface area contributed by atoms with Crippen molar-refractivity contribution in [2.75, 3.05) is 6.16 Å².